The van der Waals surface area contributed by atoms with Gasteiger partial charge in [0, 0.05) is 39.0 Å². The Bertz CT molecular complexity index is 378. The lowest BCUT2D eigenvalue weighted by Gasteiger charge is -2.38. The number of morpholine rings is 1. The van der Waals surface area contributed by atoms with Crippen LogP contribution in [-0.2, 0) is 23.8 Å². The van der Waals surface area contributed by atoms with Crippen molar-refractivity contribution in [3.63, 3.8) is 0 Å². The topological polar surface area (TPSA) is 68.3 Å². The van der Waals surface area contributed by atoms with Crippen LogP contribution in [0.2, 0.25) is 0 Å². The van der Waals surface area contributed by atoms with Crippen molar-refractivity contribution in [2.24, 2.45) is 0 Å². The van der Waals surface area contributed by atoms with Gasteiger partial charge < -0.3 is 24.0 Å². The molecule has 7 nitrogen and oxygen atoms in total. The predicted octanol–water partition coefficient (Wildman–Crippen LogP) is -0.789. The fraction of sp³-hybridized carbons (Fsp3) is 0.846. The molecule has 0 bridgehead atoms. The van der Waals surface area contributed by atoms with E-state index >= 15 is 0 Å². The van der Waals surface area contributed by atoms with E-state index in [2.05, 4.69) is 0 Å². The number of hydrogen-bond donors (Lipinski definition) is 0. The van der Waals surface area contributed by atoms with Crippen molar-refractivity contribution in [2.75, 3.05) is 52.6 Å². The summed E-state index contributed by atoms with van der Waals surface area (Å²) in [6, 6.07) is 0. The zero-order valence-electron chi connectivity index (χ0n) is 11.5. The molecule has 3 aliphatic rings. The van der Waals surface area contributed by atoms with Gasteiger partial charge in [0.1, 0.15) is 0 Å². The summed E-state index contributed by atoms with van der Waals surface area (Å²) in [5.41, 5.74) is 0. The second-order valence-electron chi connectivity index (χ2n) is 5.30. The van der Waals surface area contributed by atoms with Crippen molar-refractivity contribution in [3.8, 4) is 0 Å². The lowest BCUT2D eigenvalue weighted by molar-refractivity contribution is -0.189. The van der Waals surface area contributed by atoms with Crippen LogP contribution in [0.4, 0.5) is 0 Å². The highest BCUT2D eigenvalue weighted by molar-refractivity contribution is 6.34. The van der Waals surface area contributed by atoms with Crippen LogP contribution >= 0.6 is 0 Å². The fourth-order valence-corrected chi connectivity index (χ4v) is 2.87. The monoisotopic (exact) mass is 284 g/mol. The minimum Gasteiger partial charge on any atom is -0.378 e. The first-order valence-electron chi connectivity index (χ1n) is 7.14. The molecule has 2 amide bonds. The van der Waals surface area contributed by atoms with Crippen molar-refractivity contribution in [2.45, 2.75) is 18.6 Å². The minimum atomic E-state index is -0.515. The van der Waals surface area contributed by atoms with E-state index in [-0.39, 0.29) is 0 Å². The zero-order valence-corrected chi connectivity index (χ0v) is 11.5. The van der Waals surface area contributed by atoms with Crippen molar-refractivity contribution >= 4 is 11.8 Å². The minimum absolute atomic E-state index is 0.417. The van der Waals surface area contributed by atoms with Crippen LogP contribution in [0.3, 0.4) is 0 Å². The average Bonchev–Trinajstić information content (AvgIpc) is 2.96. The van der Waals surface area contributed by atoms with E-state index in [1.807, 2.05) is 0 Å². The molecule has 0 unspecified atom stereocenters. The van der Waals surface area contributed by atoms with Gasteiger partial charge >= 0.3 is 11.8 Å². The summed E-state index contributed by atoms with van der Waals surface area (Å²) >= 11 is 0. The molecule has 3 rings (SSSR count). The molecule has 3 heterocycles. The molecule has 3 fully saturated rings. The molecule has 1 spiro atoms. The van der Waals surface area contributed by atoms with Gasteiger partial charge in [0.15, 0.2) is 5.79 Å². The number of piperidine rings is 1. The standard InChI is InChI=1S/C13H20N2O5/c16-11(12(17)15-5-7-18-8-6-15)14-3-1-13(2-4-14)19-9-10-20-13/h1-10H2. The third-order valence-corrected chi connectivity index (χ3v) is 4.11. The van der Waals surface area contributed by atoms with Gasteiger partial charge in [0.25, 0.3) is 0 Å². The van der Waals surface area contributed by atoms with Gasteiger partial charge in [-0.1, -0.05) is 0 Å². The Morgan fingerprint density at radius 1 is 0.750 bits per heavy atom. The summed E-state index contributed by atoms with van der Waals surface area (Å²) in [7, 11) is 0. The first kappa shape index (κ1) is 13.8. The zero-order chi connectivity index (χ0) is 14.0. The molecule has 112 valence electrons. The van der Waals surface area contributed by atoms with Crippen molar-refractivity contribution in [1.82, 2.24) is 9.80 Å². The molecule has 0 aromatic rings. The first-order chi connectivity index (χ1) is 9.70. The number of rotatable bonds is 0. The van der Waals surface area contributed by atoms with Crippen LogP contribution in [0, 0.1) is 0 Å². The fourth-order valence-electron chi connectivity index (χ4n) is 2.87. The molecule has 0 N–H and O–H groups in total. The summed E-state index contributed by atoms with van der Waals surface area (Å²) in [5.74, 6) is -1.35. The molecule has 0 radical (unpaired) electrons. The molecule has 0 aromatic heterocycles. The van der Waals surface area contributed by atoms with Gasteiger partial charge in [-0.15, -0.1) is 0 Å². The Hall–Kier alpha value is -1.18. The maximum Gasteiger partial charge on any atom is 0.312 e. The van der Waals surface area contributed by atoms with Crippen LogP contribution in [0.1, 0.15) is 12.8 Å². The van der Waals surface area contributed by atoms with E-state index in [9.17, 15) is 9.59 Å². The molecule has 3 saturated heterocycles. The summed E-state index contributed by atoms with van der Waals surface area (Å²) in [4.78, 5) is 27.5. The van der Waals surface area contributed by atoms with Crippen LogP contribution in [0.15, 0.2) is 0 Å². The maximum atomic E-state index is 12.2. The van der Waals surface area contributed by atoms with E-state index in [1.165, 1.54) is 0 Å². The van der Waals surface area contributed by atoms with Crippen LogP contribution in [0.25, 0.3) is 0 Å². The van der Waals surface area contributed by atoms with Crippen molar-refractivity contribution < 1.29 is 23.8 Å². The van der Waals surface area contributed by atoms with E-state index in [4.69, 9.17) is 14.2 Å². The Kier molecular flexibility index (Phi) is 3.91. The largest absolute Gasteiger partial charge is 0.378 e. The Balaban J connectivity index is 1.54. The number of carbonyl (C=O) groups excluding carboxylic acids is 2. The molecule has 0 aliphatic carbocycles. The van der Waals surface area contributed by atoms with Crippen LogP contribution in [-0.4, -0.2) is 80.0 Å². The highest BCUT2D eigenvalue weighted by Crippen LogP contribution is 2.31. The van der Waals surface area contributed by atoms with Gasteiger partial charge in [0.2, 0.25) is 0 Å². The number of carbonyl (C=O) groups is 2. The molecule has 20 heavy (non-hydrogen) atoms. The van der Waals surface area contributed by atoms with Crippen LogP contribution < -0.4 is 0 Å². The molecular weight excluding hydrogens is 264 g/mol. The molecule has 7 heteroatoms. The maximum absolute atomic E-state index is 12.2. The highest BCUT2D eigenvalue weighted by Gasteiger charge is 2.42. The third-order valence-electron chi connectivity index (χ3n) is 4.11. The van der Waals surface area contributed by atoms with E-state index in [0.717, 1.165) is 0 Å². The SMILES string of the molecule is O=C(C(=O)N1CCC2(CC1)OCCO2)N1CCOCC1. The van der Waals surface area contributed by atoms with Crippen LogP contribution in [0.5, 0.6) is 0 Å². The summed E-state index contributed by atoms with van der Waals surface area (Å²) in [5, 5.41) is 0. The van der Waals surface area contributed by atoms with E-state index in [1.54, 1.807) is 9.80 Å². The Labute approximate surface area is 117 Å². The van der Waals surface area contributed by atoms with Gasteiger partial charge in [-0.25, -0.2) is 0 Å². The van der Waals surface area contributed by atoms with Gasteiger partial charge in [0.05, 0.1) is 26.4 Å². The lowest BCUT2D eigenvalue weighted by Crippen LogP contribution is -2.53. The molecule has 3 aliphatic heterocycles. The summed E-state index contributed by atoms with van der Waals surface area (Å²) in [6.07, 6.45) is 1.27. The summed E-state index contributed by atoms with van der Waals surface area (Å²) in [6.45, 7) is 4.24. The molecule has 0 saturated carbocycles. The quantitative estimate of drug-likeness (QED) is 0.545. The normalized spacial score (nSPS) is 26.0. The van der Waals surface area contributed by atoms with E-state index < -0.39 is 17.6 Å². The van der Waals surface area contributed by atoms with Gasteiger partial charge in [-0.05, 0) is 0 Å². The second-order valence-corrected chi connectivity index (χ2v) is 5.30. The number of likely N-dealkylation sites (tertiary alicyclic amines) is 1. The first-order valence-corrected chi connectivity index (χ1v) is 7.14. The smallest absolute Gasteiger partial charge is 0.312 e. The van der Waals surface area contributed by atoms with Gasteiger partial charge in [-0.2, -0.15) is 0 Å². The molecule has 0 atom stereocenters. The van der Waals surface area contributed by atoms with Crippen molar-refractivity contribution in [1.29, 1.82) is 0 Å². The number of hydrogen-bond acceptors (Lipinski definition) is 5. The van der Waals surface area contributed by atoms with Crippen molar-refractivity contribution in [3.05, 3.63) is 0 Å². The number of nitrogens with zero attached hydrogens (tertiary/aromatic N) is 2. The number of amides is 2. The second kappa shape index (κ2) is 5.67. The Morgan fingerprint density at radius 3 is 1.80 bits per heavy atom. The predicted molar refractivity (Wildman–Crippen MR) is 67.8 cm³/mol. The van der Waals surface area contributed by atoms with Gasteiger partial charge in [-0.3, -0.25) is 9.59 Å². The molecule has 0 aromatic carbocycles. The molecular formula is C13H20N2O5. The van der Waals surface area contributed by atoms with E-state index in [0.29, 0.717) is 65.4 Å². The third kappa shape index (κ3) is 2.65. The average molecular weight is 284 g/mol. The summed E-state index contributed by atoms with van der Waals surface area (Å²) < 4.78 is 16.4. The number of ether oxygens (including phenoxy) is 3. The highest BCUT2D eigenvalue weighted by atomic mass is 16.7. The lowest BCUT2D eigenvalue weighted by atomic mass is 10.0. The Morgan fingerprint density at radius 2 is 1.25 bits per heavy atom.